The Bertz CT molecular complexity index is 4090. The van der Waals surface area contributed by atoms with Crippen molar-refractivity contribution in [1.82, 2.24) is 58.6 Å². The van der Waals surface area contributed by atoms with E-state index in [4.69, 9.17) is 34.7 Å². The topological polar surface area (TPSA) is 259 Å². The zero-order valence-corrected chi connectivity index (χ0v) is 65.9. The quantitative estimate of drug-likeness (QED) is 0.0275. The highest BCUT2D eigenvalue weighted by Gasteiger charge is 2.33. The molecule has 14 rings (SSSR count). The van der Waals surface area contributed by atoms with E-state index < -0.39 is 9.84 Å². The summed E-state index contributed by atoms with van der Waals surface area (Å²) in [6.07, 6.45) is 42.2. The molecule has 2 saturated heterocycles. The number of ether oxygens (including phenoxy) is 2. The number of aliphatic hydroxyl groups is 3. The van der Waals surface area contributed by atoms with Crippen LogP contribution in [-0.4, -0.2) is 178 Å². The van der Waals surface area contributed by atoms with E-state index in [1.54, 1.807) is 18.5 Å². The second kappa shape index (κ2) is 37.4. The molecule has 0 radical (unpaired) electrons. The molecule has 0 unspecified atom stereocenters. The predicted octanol–water partition coefficient (Wildman–Crippen LogP) is 15.7. The second-order valence-electron chi connectivity index (χ2n) is 31.9. The predicted molar refractivity (Wildman–Crippen MR) is 428 cm³/mol. The summed E-state index contributed by atoms with van der Waals surface area (Å²) in [5, 5.41) is 55.4. The van der Waals surface area contributed by atoms with Crippen molar-refractivity contribution in [2.45, 2.75) is 274 Å². The molecular formula is C84H123N15O7S. The van der Waals surface area contributed by atoms with Gasteiger partial charge in [-0.15, -0.1) is 15.3 Å². The fourth-order valence-electron chi connectivity index (χ4n) is 17.0. The Morgan fingerprint density at radius 2 is 0.879 bits per heavy atom. The van der Waals surface area contributed by atoms with E-state index in [-0.39, 0.29) is 35.2 Å². The van der Waals surface area contributed by atoms with Crippen molar-refractivity contribution < 1.29 is 33.2 Å². The molecule has 3 saturated carbocycles. The van der Waals surface area contributed by atoms with Crippen molar-refractivity contribution in [3.8, 4) is 11.1 Å². The van der Waals surface area contributed by atoms with Crippen molar-refractivity contribution in [2.24, 2.45) is 11.8 Å². The van der Waals surface area contributed by atoms with Gasteiger partial charge in [0.25, 0.3) is 0 Å². The molecule has 7 aromatic heterocycles. The molecule has 582 valence electrons. The van der Waals surface area contributed by atoms with Crippen molar-refractivity contribution >= 4 is 55.4 Å². The number of fused-ring (bicyclic) bond motifs is 3. The zero-order chi connectivity index (χ0) is 75.1. The molecule has 7 aromatic rings. The van der Waals surface area contributed by atoms with E-state index in [2.05, 4.69) is 130 Å². The van der Waals surface area contributed by atoms with Gasteiger partial charge in [-0.2, -0.15) is 0 Å². The number of nitrogens with zero attached hydrogens (tertiary/aromatic N) is 12. The number of aliphatic hydroxyl groups excluding tert-OH is 3. The maximum atomic E-state index is 12.0. The molecule has 0 amide bonds. The largest absolute Gasteiger partial charge is 0.393 e. The monoisotopic (exact) mass is 1490 g/mol. The summed E-state index contributed by atoms with van der Waals surface area (Å²) in [5.41, 5.74) is 16.1. The van der Waals surface area contributed by atoms with Gasteiger partial charge in [0.1, 0.15) is 0 Å². The first-order valence-corrected chi connectivity index (χ1v) is 42.8. The van der Waals surface area contributed by atoms with Gasteiger partial charge in [0.15, 0.2) is 9.84 Å². The number of morpholine rings is 2. The third kappa shape index (κ3) is 20.2. The molecule has 5 fully saturated rings. The smallest absolute Gasteiger partial charge is 0.241 e. The highest BCUT2D eigenvalue weighted by atomic mass is 32.2. The SMILES string of the molecule is C=C([C@@H]1CC=C(c2cc(C3CCC(O)CC3)n3nc(N[C@@H](C)CCCCC)ncc23)CC1)N1CCOCC1.C=C([C@H]1CC=C(c2cc(C3CCC(O)CC3)n3nc(N[C@@H](C)CCCCC)ncc23)CC1)N1CCOCC1.CC[C@H](C)Nc1ncc2c(-c3cncc(S(C)(=O)=O)c3)cc(C3CCC(O)CC3)n2n1. The van der Waals surface area contributed by atoms with Gasteiger partial charge in [0.05, 0.1) is 84.8 Å². The number of hydrogen-bond donors (Lipinski definition) is 6. The highest BCUT2D eigenvalue weighted by Crippen LogP contribution is 2.44. The molecule has 6 N–H and O–H groups in total. The Morgan fingerprint density at radius 3 is 1.23 bits per heavy atom. The highest BCUT2D eigenvalue weighted by molar-refractivity contribution is 7.90. The molecular weight excluding hydrogens is 1360 g/mol. The number of nitrogens with one attached hydrogen (secondary N) is 3. The van der Waals surface area contributed by atoms with E-state index in [9.17, 15) is 23.7 Å². The Morgan fingerprint density at radius 1 is 0.505 bits per heavy atom. The average Bonchev–Trinajstić information content (AvgIpc) is 1.63. The average molecular weight is 1490 g/mol. The lowest BCUT2D eigenvalue weighted by Gasteiger charge is -2.35. The van der Waals surface area contributed by atoms with Crippen LogP contribution in [-0.2, 0) is 19.3 Å². The molecule has 107 heavy (non-hydrogen) atoms. The summed E-state index contributed by atoms with van der Waals surface area (Å²) in [6, 6.07) is 9.42. The van der Waals surface area contributed by atoms with Crippen LogP contribution in [0.15, 0.2) is 96.8 Å². The molecule has 22 nitrogen and oxygen atoms in total. The number of unbranched alkanes of at least 4 members (excludes halogenated alkanes) is 4. The number of rotatable bonds is 26. The van der Waals surface area contributed by atoms with Gasteiger partial charge >= 0.3 is 0 Å². The van der Waals surface area contributed by atoms with Crippen molar-refractivity contribution in [2.75, 3.05) is 74.8 Å². The Balaban J connectivity index is 0.000000151. The minimum Gasteiger partial charge on any atom is -0.393 e. The number of hydrogen-bond acceptors (Lipinski definition) is 19. The van der Waals surface area contributed by atoms with Gasteiger partial charge in [0, 0.05) is 143 Å². The summed E-state index contributed by atoms with van der Waals surface area (Å²) in [7, 11) is -3.37. The summed E-state index contributed by atoms with van der Waals surface area (Å²) >= 11 is 0. The van der Waals surface area contributed by atoms with Crippen LogP contribution < -0.4 is 16.0 Å². The summed E-state index contributed by atoms with van der Waals surface area (Å²) < 4.78 is 41.4. The third-order valence-corrected chi connectivity index (χ3v) is 25.0. The lowest BCUT2D eigenvalue weighted by Crippen LogP contribution is -2.37. The minimum atomic E-state index is -3.37. The fourth-order valence-corrected chi connectivity index (χ4v) is 17.6. The number of pyridine rings is 1. The summed E-state index contributed by atoms with van der Waals surface area (Å²) in [5.74, 6) is 4.09. The Labute approximate surface area is 635 Å². The number of sulfone groups is 1. The molecule has 2 aliphatic heterocycles. The van der Waals surface area contributed by atoms with E-state index in [0.717, 1.165) is 215 Å². The van der Waals surface area contributed by atoms with Crippen LogP contribution in [0.1, 0.15) is 261 Å². The van der Waals surface area contributed by atoms with Gasteiger partial charge in [-0.05, 0) is 191 Å². The third-order valence-electron chi connectivity index (χ3n) is 23.9. The Hall–Kier alpha value is -7.28. The van der Waals surface area contributed by atoms with Crippen LogP contribution in [0.5, 0.6) is 0 Å². The maximum absolute atomic E-state index is 12.0. The van der Waals surface area contributed by atoms with Crippen LogP contribution >= 0.6 is 0 Å². The molecule has 23 heteroatoms. The Kier molecular flexibility index (Phi) is 27.7. The van der Waals surface area contributed by atoms with Gasteiger partial charge in [-0.25, -0.2) is 36.9 Å². The van der Waals surface area contributed by atoms with E-state index >= 15 is 0 Å². The van der Waals surface area contributed by atoms with Crippen molar-refractivity contribution in [3.05, 3.63) is 120 Å². The standard InChI is InChI=1S/2C31H47N5O2.C22H29N5O3S/c2*1-4-5-6-7-22(2)33-31-32-21-30-28(20-29(36(30)34-31)26-12-14-27(37)15-13-26)25-10-8-24(9-11-25)23(3)35-16-18-38-19-17-35;1-4-14(2)25-22-24-13-21-19(16-9-18(12-23-11-16)31(3,29)30)10-20(27(21)26-22)15-5-7-17(28)8-6-15/h2*10,20-22,24,26-27,37H,3-9,11-19H2,1-2H3,(H,33,34);9-15,17,28H,4-8H2,1-3H3,(H,25,26)/t22-,24+,26?,27?;22-,24-,26?,27?;14-,15?,17?/m000/s1. The zero-order valence-electron chi connectivity index (χ0n) is 65.1. The fraction of sp³-hybridized carbons (Fsp3) is 0.631. The van der Waals surface area contributed by atoms with Gasteiger partial charge in [-0.1, -0.05) is 84.6 Å². The van der Waals surface area contributed by atoms with Gasteiger partial charge < -0.3 is 50.5 Å². The summed E-state index contributed by atoms with van der Waals surface area (Å²) in [6.45, 7) is 29.1. The first-order valence-electron chi connectivity index (χ1n) is 40.9. The van der Waals surface area contributed by atoms with E-state index in [1.165, 1.54) is 96.0 Å². The van der Waals surface area contributed by atoms with Crippen molar-refractivity contribution in [1.29, 1.82) is 0 Å². The van der Waals surface area contributed by atoms with E-state index in [1.807, 2.05) is 16.9 Å². The van der Waals surface area contributed by atoms with Crippen LogP contribution in [0.2, 0.25) is 0 Å². The lowest BCUT2D eigenvalue weighted by atomic mass is 9.83. The molecule has 7 aliphatic rings. The number of anilines is 3. The van der Waals surface area contributed by atoms with E-state index in [0.29, 0.717) is 59.2 Å². The van der Waals surface area contributed by atoms with Crippen LogP contribution in [0, 0.1) is 11.8 Å². The molecule has 9 heterocycles. The first kappa shape index (κ1) is 79.3. The van der Waals surface area contributed by atoms with Crippen LogP contribution in [0.3, 0.4) is 0 Å². The van der Waals surface area contributed by atoms with Crippen LogP contribution in [0.25, 0.3) is 38.8 Å². The second-order valence-corrected chi connectivity index (χ2v) is 33.9. The normalized spacial score (nSPS) is 23.9. The maximum Gasteiger partial charge on any atom is 0.241 e. The number of allylic oxidation sites excluding steroid dienone is 6. The molecule has 5 atom stereocenters. The lowest BCUT2D eigenvalue weighted by molar-refractivity contribution is 0.0484. The first-order chi connectivity index (χ1) is 51.8. The molecule has 5 aliphatic carbocycles. The van der Waals surface area contributed by atoms with Gasteiger partial charge in [-0.3, -0.25) is 4.98 Å². The van der Waals surface area contributed by atoms with Crippen LogP contribution in [0.4, 0.5) is 17.8 Å². The molecule has 0 spiro atoms. The molecule has 0 aromatic carbocycles. The van der Waals surface area contributed by atoms with Crippen molar-refractivity contribution in [3.63, 3.8) is 0 Å². The summed E-state index contributed by atoms with van der Waals surface area (Å²) in [4.78, 5) is 23.2. The van der Waals surface area contributed by atoms with Gasteiger partial charge in [0.2, 0.25) is 17.8 Å². The minimum absolute atomic E-state index is 0.162. The number of aromatic nitrogens is 10. The molecule has 0 bridgehead atoms.